The molecule has 0 saturated carbocycles. The Kier molecular flexibility index (Phi) is 7.22. The molecule has 0 bridgehead atoms. The largest absolute Gasteiger partial charge is 0.444 e. The number of amides is 1. The third kappa shape index (κ3) is 6.24. The predicted octanol–water partition coefficient (Wildman–Crippen LogP) is 6.56. The Hall–Kier alpha value is -4.41. The molecule has 4 aromatic rings. The molecule has 2 aromatic carbocycles. The van der Waals surface area contributed by atoms with Crippen molar-refractivity contribution in [3.8, 4) is 22.9 Å². The van der Waals surface area contributed by atoms with Crippen LogP contribution in [0.2, 0.25) is 0 Å². The number of hydrogen-bond donors (Lipinski definition) is 0. The average molecular weight is 552 g/mol. The second-order valence-electron chi connectivity index (χ2n) is 10.4. The predicted molar refractivity (Wildman–Crippen MR) is 144 cm³/mol. The summed E-state index contributed by atoms with van der Waals surface area (Å²) in [6.45, 7) is 7.97. The zero-order chi connectivity index (χ0) is 28.5. The number of hydrogen-bond acceptors (Lipinski definition) is 7. The summed E-state index contributed by atoms with van der Waals surface area (Å²) in [5.74, 6) is 0.752. The van der Waals surface area contributed by atoms with Crippen molar-refractivity contribution < 1.29 is 27.4 Å². The highest BCUT2D eigenvalue weighted by Crippen LogP contribution is 2.33. The van der Waals surface area contributed by atoms with Crippen LogP contribution in [0.4, 0.5) is 23.7 Å². The summed E-state index contributed by atoms with van der Waals surface area (Å²) in [6, 6.07) is 13.8. The summed E-state index contributed by atoms with van der Waals surface area (Å²) < 4.78 is 50.1. The van der Waals surface area contributed by atoms with Gasteiger partial charge >= 0.3 is 12.3 Å². The van der Waals surface area contributed by atoms with Gasteiger partial charge in [0.05, 0.1) is 16.8 Å². The fraction of sp³-hybridized carbons (Fsp3) is 0.310. The van der Waals surface area contributed by atoms with Gasteiger partial charge in [0.2, 0.25) is 5.88 Å². The molecule has 1 aliphatic rings. The van der Waals surface area contributed by atoms with Gasteiger partial charge in [-0.1, -0.05) is 12.1 Å². The van der Waals surface area contributed by atoms with E-state index in [9.17, 15) is 18.0 Å². The van der Waals surface area contributed by atoms with Gasteiger partial charge in [0.1, 0.15) is 17.7 Å². The molecule has 3 heterocycles. The number of rotatable bonds is 4. The minimum Gasteiger partial charge on any atom is -0.444 e. The first-order chi connectivity index (χ1) is 19.0. The highest BCUT2D eigenvalue weighted by Gasteiger charge is 2.30. The quantitative estimate of drug-likeness (QED) is 0.284. The summed E-state index contributed by atoms with van der Waals surface area (Å²) in [5, 5.41) is 0.939. The molecule has 208 valence electrons. The summed E-state index contributed by atoms with van der Waals surface area (Å²) >= 11 is 0. The molecule has 40 heavy (non-hydrogen) atoms. The van der Waals surface area contributed by atoms with Crippen LogP contribution >= 0.6 is 0 Å². The van der Waals surface area contributed by atoms with Crippen molar-refractivity contribution >= 4 is 22.7 Å². The number of carbonyl (C=O) groups is 1. The number of ether oxygens (including phenoxy) is 2. The number of pyridine rings is 1. The van der Waals surface area contributed by atoms with Gasteiger partial charge < -0.3 is 19.3 Å². The third-order valence-corrected chi connectivity index (χ3v) is 6.34. The second-order valence-corrected chi connectivity index (χ2v) is 10.4. The van der Waals surface area contributed by atoms with E-state index in [0.29, 0.717) is 43.2 Å². The Morgan fingerprint density at radius 3 is 2.27 bits per heavy atom. The lowest BCUT2D eigenvalue weighted by Gasteiger charge is -2.37. The Labute approximate surface area is 229 Å². The van der Waals surface area contributed by atoms with Crippen molar-refractivity contribution in [1.29, 1.82) is 0 Å². The number of alkyl halides is 3. The van der Waals surface area contributed by atoms with E-state index in [2.05, 4.69) is 19.9 Å². The molecular formula is C29H28F3N5O3. The van der Waals surface area contributed by atoms with Crippen LogP contribution in [0, 0.1) is 0 Å². The molecule has 5 rings (SSSR count). The van der Waals surface area contributed by atoms with Crippen LogP contribution in [0.15, 0.2) is 67.1 Å². The van der Waals surface area contributed by atoms with Gasteiger partial charge in [0, 0.05) is 61.1 Å². The van der Waals surface area contributed by atoms with Crippen LogP contribution in [0.3, 0.4) is 0 Å². The van der Waals surface area contributed by atoms with Gasteiger partial charge in [0.25, 0.3) is 0 Å². The van der Waals surface area contributed by atoms with Crippen LogP contribution in [0.5, 0.6) is 11.6 Å². The topological polar surface area (TPSA) is 80.7 Å². The highest BCUT2D eigenvalue weighted by atomic mass is 19.4. The number of piperazine rings is 1. The zero-order valence-electron chi connectivity index (χ0n) is 22.3. The molecule has 11 heteroatoms. The van der Waals surface area contributed by atoms with Crippen LogP contribution in [-0.4, -0.2) is 57.7 Å². The van der Waals surface area contributed by atoms with Gasteiger partial charge in [-0.2, -0.15) is 13.2 Å². The van der Waals surface area contributed by atoms with E-state index in [1.54, 1.807) is 23.2 Å². The molecule has 1 amide bonds. The minimum atomic E-state index is -4.41. The number of anilines is 1. The lowest BCUT2D eigenvalue weighted by Crippen LogP contribution is -2.50. The van der Waals surface area contributed by atoms with Gasteiger partial charge in [-0.25, -0.2) is 14.8 Å². The highest BCUT2D eigenvalue weighted by molar-refractivity contribution is 5.92. The molecule has 0 atom stereocenters. The van der Waals surface area contributed by atoms with Crippen LogP contribution in [0.25, 0.3) is 22.2 Å². The van der Waals surface area contributed by atoms with E-state index in [1.165, 1.54) is 18.5 Å². The summed E-state index contributed by atoms with van der Waals surface area (Å²) in [7, 11) is 0. The smallest absolute Gasteiger partial charge is 0.416 e. The molecule has 0 N–H and O–H groups in total. The third-order valence-electron chi connectivity index (χ3n) is 6.34. The first-order valence-electron chi connectivity index (χ1n) is 12.8. The molecule has 1 saturated heterocycles. The van der Waals surface area contributed by atoms with Crippen LogP contribution in [0.1, 0.15) is 26.3 Å². The fourth-order valence-corrected chi connectivity index (χ4v) is 4.41. The molecule has 1 fully saturated rings. The molecule has 2 aromatic heterocycles. The van der Waals surface area contributed by atoms with Gasteiger partial charge in [-0.3, -0.25) is 4.98 Å². The summed E-state index contributed by atoms with van der Waals surface area (Å²) in [5.41, 5.74) is 1.41. The van der Waals surface area contributed by atoms with Gasteiger partial charge in [0.15, 0.2) is 0 Å². The monoisotopic (exact) mass is 551 g/mol. The van der Waals surface area contributed by atoms with E-state index < -0.39 is 17.3 Å². The van der Waals surface area contributed by atoms with Crippen molar-refractivity contribution in [2.75, 3.05) is 31.1 Å². The summed E-state index contributed by atoms with van der Waals surface area (Å²) in [6.07, 6.45) is -1.68. The number of carbonyl (C=O) groups excluding carboxylic acids is 1. The number of fused-ring (bicyclic) bond motifs is 1. The van der Waals surface area contributed by atoms with E-state index in [-0.39, 0.29) is 12.0 Å². The SMILES string of the molecule is CC(C)(C)OC(=O)N1CCN(c2ccnc3cc(Oc4cc(-c5ccc(C(F)(F)F)cc5)ncn4)ccc23)CC1. The Morgan fingerprint density at radius 2 is 1.60 bits per heavy atom. The lowest BCUT2D eigenvalue weighted by atomic mass is 10.1. The standard InChI is InChI=1S/C29H28F3N5O3/c1-28(2,3)40-27(38)37-14-12-36(13-15-37)25-10-11-33-24-16-21(8-9-22(24)25)39-26-17-23(34-18-35-26)19-4-6-20(7-5-19)29(30,31)32/h4-11,16-18H,12-15H2,1-3H3. The van der Waals surface area contributed by atoms with E-state index >= 15 is 0 Å². The summed E-state index contributed by atoms with van der Waals surface area (Å²) in [4.78, 5) is 29.2. The number of aromatic nitrogens is 3. The van der Waals surface area contributed by atoms with Crippen molar-refractivity contribution in [2.24, 2.45) is 0 Å². The molecule has 0 aliphatic carbocycles. The van der Waals surface area contributed by atoms with Crippen molar-refractivity contribution in [3.63, 3.8) is 0 Å². The molecular weight excluding hydrogens is 523 g/mol. The molecule has 1 aliphatic heterocycles. The molecule has 8 nitrogen and oxygen atoms in total. The zero-order valence-corrected chi connectivity index (χ0v) is 22.3. The lowest BCUT2D eigenvalue weighted by molar-refractivity contribution is -0.137. The van der Waals surface area contributed by atoms with Gasteiger partial charge in [-0.05, 0) is 51.1 Å². The maximum atomic E-state index is 12.9. The first kappa shape index (κ1) is 27.2. The van der Waals surface area contributed by atoms with Crippen molar-refractivity contribution in [2.45, 2.75) is 32.5 Å². The number of halogens is 3. The number of nitrogens with zero attached hydrogens (tertiary/aromatic N) is 5. The normalized spacial score (nSPS) is 14.3. The van der Waals surface area contributed by atoms with E-state index in [4.69, 9.17) is 9.47 Å². The Morgan fingerprint density at radius 1 is 0.875 bits per heavy atom. The van der Waals surface area contributed by atoms with Gasteiger partial charge in [-0.15, -0.1) is 0 Å². The molecule has 0 unspecified atom stereocenters. The second kappa shape index (κ2) is 10.6. The van der Waals surface area contributed by atoms with Crippen LogP contribution < -0.4 is 9.64 Å². The Balaban J connectivity index is 1.29. The first-order valence-corrected chi connectivity index (χ1v) is 12.8. The maximum Gasteiger partial charge on any atom is 0.416 e. The van der Waals surface area contributed by atoms with Crippen molar-refractivity contribution in [3.05, 3.63) is 72.7 Å². The molecule has 0 spiro atoms. The van der Waals surface area contributed by atoms with Crippen molar-refractivity contribution in [1.82, 2.24) is 19.9 Å². The van der Waals surface area contributed by atoms with E-state index in [0.717, 1.165) is 28.7 Å². The molecule has 0 radical (unpaired) electrons. The van der Waals surface area contributed by atoms with Crippen LogP contribution in [-0.2, 0) is 10.9 Å². The average Bonchev–Trinajstić information content (AvgIpc) is 2.91. The number of benzene rings is 2. The van der Waals surface area contributed by atoms with E-state index in [1.807, 2.05) is 39.0 Å². The Bertz CT molecular complexity index is 1510. The minimum absolute atomic E-state index is 0.249. The fourth-order valence-electron chi connectivity index (χ4n) is 4.41. The maximum absolute atomic E-state index is 12.9.